The van der Waals surface area contributed by atoms with E-state index in [4.69, 9.17) is 0 Å². The number of hydrogen-bond donors (Lipinski definition) is 0. The third-order valence-corrected chi connectivity index (χ3v) is 3.80. The molecule has 2 heterocycles. The molecule has 0 aliphatic carbocycles. The Balaban J connectivity index is 2.06. The monoisotopic (exact) mass is 265 g/mol. The highest BCUT2D eigenvalue weighted by Gasteiger charge is 2.26. The van der Waals surface area contributed by atoms with Crippen molar-refractivity contribution in [1.29, 1.82) is 0 Å². The second kappa shape index (κ2) is 5.79. The van der Waals surface area contributed by atoms with E-state index in [0.29, 0.717) is 17.5 Å². The van der Waals surface area contributed by atoms with E-state index in [1.807, 2.05) is 17.5 Å². The summed E-state index contributed by atoms with van der Waals surface area (Å²) < 4.78 is 0. The van der Waals surface area contributed by atoms with Crippen LogP contribution in [0.1, 0.15) is 4.88 Å². The van der Waals surface area contributed by atoms with Crippen molar-refractivity contribution >= 4 is 40.4 Å². The molecule has 1 fully saturated rings. The fourth-order valence-electron chi connectivity index (χ4n) is 1.28. The SMILES string of the molecule is C=CCN1C(=O)CS/C1=N\N=C\c1cccs1. The lowest BCUT2D eigenvalue weighted by Crippen LogP contribution is -2.29. The van der Waals surface area contributed by atoms with Crippen LogP contribution in [-0.2, 0) is 4.79 Å². The molecule has 6 heteroatoms. The zero-order chi connectivity index (χ0) is 12.1. The van der Waals surface area contributed by atoms with E-state index in [0.717, 1.165) is 4.88 Å². The number of carbonyl (C=O) groups is 1. The molecule has 0 bridgehead atoms. The van der Waals surface area contributed by atoms with Gasteiger partial charge < -0.3 is 0 Å². The molecule has 0 N–H and O–H groups in total. The summed E-state index contributed by atoms with van der Waals surface area (Å²) in [6.45, 7) is 4.10. The van der Waals surface area contributed by atoms with Gasteiger partial charge in [0, 0.05) is 11.4 Å². The Kier molecular flexibility index (Phi) is 4.11. The van der Waals surface area contributed by atoms with Crippen LogP contribution >= 0.6 is 23.1 Å². The van der Waals surface area contributed by atoms with E-state index in [-0.39, 0.29) is 5.91 Å². The zero-order valence-corrected chi connectivity index (χ0v) is 10.7. The van der Waals surface area contributed by atoms with Gasteiger partial charge in [-0.15, -0.1) is 23.0 Å². The lowest BCUT2D eigenvalue weighted by molar-refractivity contribution is -0.123. The van der Waals surface area contributed by atoms with E-state index in [2.05, 4.69) is 16.8 Å². The van der Waals surface area contributed by atoms with Gasteiger partial charge in [0.2, 0.25) is 5.91 Å². The summed E-state index contributed by atoms with van der Waals surface area (Å²) in [6.07, 6.45) is 3.37. The highest BCUT2D eigenvalue weighted by molar-refractivity contribution is 8.15. The van der Waals surface area contributed by atoms with E-state index >= 15 is 0 Å². The van der Waals surface area contributed by atoms with Crippen LogP contribution in [0.15, 0.2) is 40.4 Å². The minimum atomic E-state index is 0.0555. The topological polar surface area (TPSA) is 45.0 Å². The second-order valence-corrected chi connectivity index (χ2v) is 5.15. The highest BCUT2D eigenvalue weighted by Crippen LogP contribution is 2.19. The number of rotatable bonds is 4. The van der Waals surface area contributed by atoms with Crippen molar-refractivity contribution < 1.29 is 4.79 Å². The van der Waals surface area contributed by atoms with Crippen LogP contribution in [0.5, 0.6) is 0 Å². The molecule has 0 spiro atoms. The lowest BCUT2D eigenvalue weighted by atomic mass is 10.5. The van der Waals surface area contributed by atoms with Crippen molar-refractivity contribution in [2.45, 2.75) is 0 Å². The maximum Gasteiger partial charge on any atom is 0.239 e. The molecule has 0 radical (unpaired) electrons. The van der Waals surface area contributed by atoms with Gasteiger partial charge in [0.05, 0.1) is 12.0 Å². The number of amidine groups is 1. The molecule has 17 heavy (non-hydrogen) atoms. The van der Waals surface area contributed by atoms with Crippen LogP contribution in [-0.4, -0.2) is 34.5 Å². The average molecular weight is 265 g/mol. The molecule has 1 saturated heterocycles. The Bertz CT molecular complexity index is 465. The summed E-state index contributed by atoms with van der Waals surface area (Å²) in [5, 5.41) is 10.7. The van der Waals surface area contributed by atoms with E-state index in [1.165, 1.54) is 11.8 Å². The number of carbonyl (C=O) groups excluding carboxylic acids is 1. The lowest BCUT2D eigenvalue weighted by Gasteiger charge is -2.11. The first-order chi connectivity index (χ1) is 8.31. The average Bonchev–Trinajstić information content (AvgIpc) is 2.93. The molecule has 0 unspecified atom stereocenters. The zero-order valence-electron chi connectivity index (χ0n) is 9.07. The van der Waals surface area contributed by atoms with Gasteiger partial charge >= 0.3 is 0 Å². The van der Waals surface area contributed by atoms with Crippen molar-refractivity contribution in [3.63, 3.8) is 0 Å². The first-order valence-corrected chi connectivity index (χ1v) is 6.86. The molecule has 4 nitrogen and oxygen atoms in total. The van der Waals surface area contributed by atoms with Gasteiger partial charge in [-0.25, -0.2) is 0 Å². The van der Waals surface area contributed by atoms with Gasteiger partial charge in [-0.2, -0.15) is 5.10 Å². The molecule has 1 aliphatic rings. The Morgan fingerprint density at radius 1 is 1.59 bits per heavy atom. The molecule has 0 atom stereocenters. The fraction of sp³-hybridized carbons (Fsp3) is 0.182. The van der Waals surface area contributed by atoms with Gasteiger partial charge in [-0.3, -0.25) is 9.69 Å². The van der Waals surface area contributed by atoms with Crippen LogP contribution in [0.25, 0.3) is 0 Å². The summed E-state index contributed by atoms with van der Waals surface area (Å²) >= 11 is 3.00. The summed E-state index contributed by atoms with van der Waals surface area (Å²) in [5.41, 5.74) is 0. The van der Waals surface area contributed by atoms with Crippen molar-refractivity contribution in [3.05, 3.63) is 35.0 Å². The largest absolute Gasteiger partial charge is 0.285 e. The minimum absolute atomic E-state index is 0.0555. The molecule has 1 aromatic rings. The van der Waals surface area contributed by atoms with Gasteiger partial charge in [0.15, 0.2) is 5.17 Å². The van der Waals surface area contributed by atoms with Crippen molar-refractivity contribution in [2.75, 3.05) is 12.3 Å². The van der Waals surface area contributed by atoms with E-state index in [9.17, 15) is 4.79 Å². The Morgan fingerprint density at radius 3 is 3.18 bits per heavy atom. The molecule has 2 rings (SSSR count). The number of hydrogen-bond acceptors (Lipinski definition) is 5. The summed E-state index contributed by atoms with van der Waals surface area (Å²) in [4.78, 5) is 14.1. The van der Waals surface area contributed by atoms with E-state index in [1.54, 1.807) is 28.5 Å². The molecular weight excluding hydrogens is 254 g/mol. The Morgan fingerprint density at radius 2 is 2.47 bits per heavy atom. The number of thiophene rings is 1. The summed E-state index contributed by atoms with van der Waals surface area (Å²) in [5.74, 6) is 0.487. The van der Waals surface area contributed by atoms with E-state index < -0.39 is 0 Å². The highest BCUT2D eigenvalue weighted by atomic mass is 32.2. The predicted molar refractivity (Wildman–Crippen MR) is 73.7 cm³/mol. The normalized spacial score (nSPS) is 18.5. The summed E-state index contributed by atoms with van der Waals surface area (Å²) in [7, 11) is 0. The van der Waals surface area contributed by atoms with Gasteiger partial charge in [0.1, 0.15) is 0 Å². The Labute approximate surface area is 108 Å². The van der Waals surface area contributed by atoms with Crippen molar-refractivity contribution in [3.8, 4) is 0 Å². The van der Waals surface area contributed by atoms with Crippen molar-refractivity contribution in [2.24, 2.45) is 10.2 Å². The van der Waals surface area contributed by atoms with Crippen LogP contribution in [0.2, 0.25) is 0 Å². The standard InChI is InChI=1S/C11H11N3OS2/c1-2-5-14-10(15)8-17-11(14)13-12-7-9-4-3-6-16-9/h2-4,6-7H,1,5,8H2/b12-7+,13-11-. The third-order valence-electron chi connectivity index (χ3n) is 2.04. The Hall–Kier alpha value is -1.40. The number of nitrogens with zero attached hydrogens (tertiary/aromatic N) is 3. The molecule has 0 saturated carbocycles. The molecule has 0 aromatic carbocycles. The maximum absolute atomic E-state index is 11.5. The first kappa shape index (κ1) is 12.1. The number of thioether (sulfide) groups is 1. The van der Waals surface area contributed by atoms with Gasteiger partial charge in [-0.1, -0.05) is 23.9 Å². The molecule has 88 valence electrons. The quantitative estimate of drug-likeness (QED) is 0.476. The third kappa shape index (κ3) is 3.04. The minimum Gasteiger partial charge on any atom is -0.285 e. The van der Waals surface area contributed by atoms with Crippen LogP contribution in [0, 0.1) is 0 Å². The smallest absolute Gasteiger partial charge is 0.239 e. The molecule has 1 amide bonds. The van der Waals surface area contributed by atoms with Crippen molar-refractivity contribution in [1.82, 2.24) is 4.90 Å². The second-order valence-electron chi connectivity index (χ2n) is 3.22. The van der Waals surface area contributed by atoms with Gasteiger partial charge in [0.25, 0.3) is 0 Å². The first-order valence-electron chi connectivity index (χ1n) is 5.00. The van der Waals surface area contributed by atoms with Gasteiger partial charge in [-0.05, 0) is 11.4 Å². The maximum atomic E-state index is 11.5. The van der Waals surface area contributed by atoms with Crippen LogP contribution in [0.3, 0.4) is 0 Å². The van der Waals surface area contributed by atoms with Crippen LogP contribution < -0.4 is 0 Å². The summed E-state index contributed by atoms with van der Waals surface area (Å²) in [6, 6.07) is 3.92. The number of amides is 1. The fourth-order valence-corrected chi connectivity index (χ4v) is 2.71. The molecule has 1 aromatic heterocycles. The molecular formula is C11H11N3OS2. The molecule has 1 aliphatic heterocycles. The van der Waals surface area contributed by atoms with Crippen LogP contribution in [0.4, 0.5) is 0 Å². The predicted octanol–water partition coefficient (Wildman–Crippen LogP) is 2.20.